The summed E-state index contributed by atoms with van der Waals surface area (Å²) in [4.78, 5) is 1.74. The Balaban J connectivity index is -0.0000000817. The first-order valence-electron chi connectivity index (χ1n) is 2.66. The Morgan fingerprint density at radius 2 is 1.27 bits per heavy atom. The van der Waals surface area contributed by atoms with Gasteiger partial charge in [0.15, 0.2) is 0 Å². The summed E-state index contributed by atoms with van der Waals surface area (Å²) in [5, 5.41) is 19.7. The van der Waals surface area contributed by atoms with Crippen LogP contribution in [0.4, 0.5) is 0 Å². The normalized spacial score (nSPS) is 7.64. The van der Waals surface area contributed by atoms with Crippen LogP contribution < -0.4 is 10.2 Å². The minimum atomic E-state index is -0.115. The summed E-state index contributed by atoms with van der Waals surface area (Å²) in [6.07, 6.45) is 0. The fraction of sp³-hybridized carbons (Fsp3) is 1.00. The van der Waals surface area contributed by atoms with E-state index in [1.54, 1.807) is 11.9 Å². The molecule has 0 aromatic carbocycles. The van der Waals surface area contributed by atoms with Crippen molar-refractivity contribution in [1.29, 1.82) is 0 Å². The Hall–Kier alpha value is 0.343. The van der Waals surface area contributed by atoms with E-state index in [2.05, 4.69) is 0 Å². The molecule has 0 spiro atoms. The van der Waals surface area contributed by atoms with Crippen LogP contribution in [-0.4, -0.2) is 66.8 Å². The maximum atomic E-state index is 9.87. The van der Waals surface area contributed by atoms with Gasteiger partial charge in [0.25, 0.3) is 0 Å². The molecule has 6 heteroatoms. The van der Waals surface area contributed by atoms with Gasteiger partial charge in [-0.3, -0.25) is 0 Å². The van der Waals surface area contributed by atoms with Gasteiger partial charge >= 0.3 is 0 Å². The van der Waals surface area contributed by atoms with Gasteiger partial charge in [0, 0.05) is 17.6 Å². The van der Waals surface area contributed by atoms with Crippen LogP contribution in [0, 0.1) is 0 Å². The van der Waals surface area contributed by atoms with Gasteiger partial charge in [-0.1, -0.05) is 0 Å². The molecule has 0 saturated heterocycles. The van der Waals surface area contributed by atoms with Gasteiger partial charge in [0.05, 0.1) is 0 Å². The van der Waals surface area contributed by atoms with E-state index in [1.807, 2.05) is 0 Å². The van der Waals surface area contributed by atoms with Gasteiger partial charge in [-0.2, -0.15) is 0 Å². The Morgan fingerprint density at radius 1 is 1.00 bits per heavy atom. The predicted molar refractivity (Wildman–Crippen MR) is 36.9 cm³/mol. The fourth-order valence-electron chi connectivity index (χ4n) is 0.423. The van der Waals surface area contributed by atoms with Crippen LogP contribution in [-0.2, 0) is 0 Å². The molecule has 0 fully saturated rings. The number of likely N-dealkylation sites (N-methyl/N-ethyl adjacent to an activating group) is 1. The van der Waals surface area contributed by atoms with Crippen LogP contribution in [0.3, 0.4) is 0 Å². The molecule has 0 aromatic heterocycles. The third kappa shape index (κ3) is 17.9. The minimum Gasteiger partial charge on any atom is -0.870 e. The zero-order valence-corrected chi connectivity index (χ0v) is 8.58. The summed E-state index contributed by atoms with van der Waals surface area (Å²) < 4.78 is 0. The average Bonchev–Trinajstić information content (AvgIpc) is 1.68. The molecule has 0 unspecified atom stereocenters. The van der Waals surface area contributed by atoms with Crippen LogP contribution in [0.15, 0.2) is 0 Å². The maximum absolute atomic E-state index is 9.87. The largest absolute Gasteiger partial charge is 0.870 e. The van der Waals surface area contributed by atoms with Gasteiger partial charge in [-0.15, -0.1) is 13.2 Å². The molecule has 0 heterocycles. The van der Waals surface area contributed by atoms with Crippen molar-refractivity contribution < 1.29 is 21.2 Å². The van der Waals surface area contributed by atoms with Crippen LogP contribution in [0.25, 0.3) is 0 Å². The molecule has 0 aliphatic carbocycles. The molecular formula is C5H13GeNO4-4. The van der Waals surface area contributed by atoms with Crippen LogP contribution in [0.1, 0.15) is 0 Å². The molecule has 0 rings (SSSR count). The number of hydrogen-bond acceptors (Lipinski definition) is 5. The predicted octanol–water partition coefficient (Wildman–Crippen LogP) is -3.10. The van der Waals surface area contributed by atoms with E-state index in [0.29, 0.717) is 13.1 Å². The second-order valence-electron chi connectivity index (χ2n) is 1.71. The standard InChI is InChI=1S/C5H11NO2.Ge.2H2O/c1-6(2-4-7)3-5-8;;;/h2-5H2,1H3;;2*1H2/q-2;;;/p-2. The summed E-state index contributed by atoms with van der Waals surface area (Å²) in [5.41, 5.74) is 0. The first-order valence-corrected chi connectivity index (χ1v) is 2.66. The topological polar surface area (TPSA) is 109 Å². The summed E-state index contributed by atoms with van der Waals surface area (Å²) in [6, 6.07) is 0. The average molecular weight is 224 g/mol. The quantitative estimate of drug-likeness (QED) is 0.469. The summed E-state index contributed by atoms with van der Waals surface area (Å²) in [7, 11) is 1.77. The molecule has 0 atom stereocenters. The van der Waals surface area contributed by atoms with Crippen LogP contribution in [0.5, 0.6) is 0 Å². The first kappa shape index (κ1) is 22.5. The molecule has 2 N–H and O–H groups in total. The summed E-state index contributed by atoms with van der Waals surface area (Å²) >= 11 is 0. The van der Waals surface area contributed by atoms with Gasteiger partial charge in [0.2, 0.25) is 0 Å². The van der Waals surface area contributed by atoms with E-state index in [0.717, 1.165) is 0 Å². The monoisotopic (exact) mass is 225 g/mol. The smallest absolute Gasteiger partial charge is 0 e. The van der Waals surface area contributed by atoms with E-state index in [1.165, 1.54) is 0 Å². The Labute approximate surface area is 77.6 Å². The maximum Gasteiger partial charge on any atom is 0 e. The van der Waals surface area contributed by atoms with Gasteiger partial charge in [-0.25, -0.2) is 0 Å². The summed E-state index contributed by atoms with van der Waals surface area (Å²) in [5.74, 6) is 0. The zero-order valence-electron chi connectivity index (χ0n) is 6.49. The Morgan fingerprint density at radius 3 is 1.45 bits per heavy atom. The van der Waals surface area contributed by atoms with Crippen molar-refractivity contribution in [2.75, 3.05) is 33.4 Å². The number of hydrogen-bond donors (Lipinski definition) is 0. The van der Waals surface area contributed by atoms with Crippen molar-refractivity contribution >= 4 is 17.6 Å². The minimum absolute atomic E-state index is 0. The van der Waals surface area contributed by atoms with Gasteiger partial charge < -0.3 is 26.1 Å². The molecule has 0 bridgehead atoms. The van der Waals surface area contributed by atoms with Crippen molar-refractivity contribution in [2.45, 2.75) is 0 Å². The molecule has 4 radical (unpaired) electrons. The molecule has 5 nitrogen and oxygen atoms in total. The van der Waals surface area contributed by atoms with E-state index < -0.39 is 0 Å². The van der Waals surface area contributed by atoms with Crippen LogP contribution >= 0.6 is 0 Å². The molecule has 0 aromatic rings. The summed E-state index contributed by atoms with van der Waals surface area (Å²) in [6.45, 7) is 0.747. The molecule has 70 valence electrons. The van der Waals surface area contributed by atoms with Crippen molar-refractivity contribution in [2.24, 2.45) is 0 Å². The van der Waals surface area contributed by atoms with Crippen molar-refractivity contribution in [3.8, 4) is 0 Å². The zero-order chi connectivity index (χ0) is 6.41. The molecule has 0 aliphatic rings. The second kappa shape index (κ2) is 16.7. The van der Waals surface area contributed by atoms with E-state index >= 15 is 0 Å². The molecule has 0 aliphatic heterocycles. The van der Waals surface area contributed by atoms with E-state index in [-0.39, 0.29) is 41.8 Å². The molecule has 11 heavy (non-hydrogen) atoms. The molecule has 0 saturated carbocycles. The molecular weight excluding hydrogens is 211 g/mol. The third-order valence-corrected chi connectivity index (χ3v) is 0.946. The Bertz CT molecular complexity index is 51.7. The van der Waals surface area contributed by atoms with Gasteiger partial charge in [0.1, 0.15) is 0 Å². The van der Waals surface area contributed by atoms with E-state index in [4.69, 9.17) is 0 Å². The second-order valence-corrected chi connectivity index (χ2v) is 1.71. The third-order valence-electron chi connectivity index (χ3n) is 0.946. The molecule has 0 amide bonds. The van der Waals surface area contributed by atoms with Crippen LogP contribution in [0.2, 0.25) is 0 Å². The van der Waals surface area contributed by atoms with Crippen molar-refractivity contribution in [1.82, 2.24) is 4.90 Å². The van der Waals surface area contributed by atoms with Crippen molar-refractivity contribution in [3.63, 3.8) is 0 Å². The number of rotatable bonds is 4. The van der Waals surface area contributed by atoms with Gasteiger partial charge in [-0.05, 0) is 20.1 Å². The van der Waals surface area contributed by atoms with E-state index in [9.17, 15) is 10.2 Å². The number of nitrogens with zero attached hydrogens (tertiary/aromatic N) is 1. The van der Waals surface area contributed by atoms with Crippen molar-refractivity contribution in [3.05, 3.63) is 0 Å². The first-order chi connectivity index (χ1) is 3.81. The SMILES string of the molecule is CN(CC[O-])CC[O-].[Ge].[OH-].[OH-]. The fourth-order valence-corrected chi connectivity index (χ4v) is 0.423. The Kier molecular flexibility index (Phi) is 34.3.